The minimum atomic E-state index is -0.589. The molecule has 2 aromatic rings. The van der Waals surface area contributed by atoms with Gasteiger partial charge in [-0.25, -0.2) is 9.18 Å². The predicted molar refractivity (Wildman–Crippen MR) is 80.5 cm³/mol. The van der Waals surface area contributed by atoms with E-state index in [1.165, 1.54) is 19.2 Å². The first kappa shape index (κ1) is 17.7. The Balaban J connectivity index is 0.00000116. The molecule has 1 aromatic carbocycles. The van der Waals surface area contributed by atoms with Gasteiger partial charge in [0.15, 0.2) is 11.5 Å². The van der Waals surface area contributed by atoms with E-state index >= 15 is 0 Å². The summed E-state index contributed by atoms with van der Waals surface area (Å²) >= 11 is 0. The van der Waals surface area contributed by atoms with Crippen LogP contribution < -0.4 is 4.74 Å². The fourth-order valence-corrected chi connectivity index (χ4v) is 1.78. The summed E-state index contributed by atoms with van der Waals surface area (Å²) in [6.07, 6.45) is 0. The Kier molecular flexibility index (Phi) is 6.56. The van der Waals surface area contributed by atoms with Crippen molar-refractivity contribution in [3.63, 3.8) is 0 Å². The molecule has 0 N–H and O–H groups in total. The van der Waals surface area contributed by atoms with E-state index in [1.54, 1.807) is 19.9 Å². The lowest BCUT2D eigenvalue weighted by atomic mass is 10.1. The lowest BCUT2D eigenvalue weighted by Gasteiger charge is -2.03. The van der Waals surface area contributed by atoms with Crippen LogP contribution in [0, 0.1) is 12.7 Å². The molecule has 0 spiro atoms. The average Bonchev–Trinajstić information content (AvgIpc) is 2.91. The number of hydrogen-bond donors (Lipinski definition) is 0. The van der Waals surface area contributed by atoms with Crippen LogP contribution in [-0.2, 0) is 4.74 Å². The van der Waals surface area contributed by atoms with Gasteiger partial charge in [-0.05, 0) is 26.0 Å². The molecule has 0 atom stereocenters. The van der Waals surface area contributed by atoms with Crippen LogP contribution in [0.2, 0.25) is 0 Å². The summed E-state index contributed by atoms with van der Waals surface area (Å²) in [5.74, 6) is -0.504. The normalized spacial score (nSPS) is 9.73. The summed E-state index contributed by atoms with van der Waals surface area (Å²) in [4.78, 5) is 11.6. The van der Waals surface area contributed by atoms with E-state index < -0.39 is 11.8 Å². The van der Waals surface area contributed by atoms with Gasteiger partial charge in [-0.3, -0.25) is 0 Å². The first-order valence-electron chi connectivity index (χ1n) is 7.05. The van der Waals surface area contributed by atoms with E-state index in [4.69, 9.17) is 14.0 Å². The van der Waals surface area contributed by atoms with Crippen LogP contribution in [-0.4, -0.2) is 24.8 Å². The second kappa shape index (κ2) is 8.17. The van der Waals surface area contributed by atoms with E-state index in [1.807, 2.05) is 13.8 Å². The largest absolute Gasteiger partial charge is 0.497 e. The van der Waals surface area contributed by atoms with Crippen molar-refractivity contribution in [3.05, 3.63) is 35.3 Å². The number of benzene rings is 1. The molecule has 0 saturated heterocycles. The maximum absolute atomic E-state index is 14.0. The second-order valence-electron chi connectivity index (χ2n) is 4.05. The van der Waals surface area contributed by atoms with Gasteiger partial charge in [0, 0.05) is 11.6 Å². The molecule has 1 heterocycles. The Bertz CT molecular complexity index is 637. The van der Waals surface area contributed by atoms with Gasteiger partial charge in [-0.2, -0.15) is 0 Å². The summed E-state index contributed by atoms with van der Waals surface area (Å²) in [6, 6.07) is 4.35. The molecule has 0 amide bonds. The fourth-order valence-electron chi connectivity index (χ4n) is 1.78. The maximum Gasteiger partial charge on any atom is 0.360 e. The molecule has 0 saturated carbocycles. The molecule has 22 heavy (non-hydrogen) atoms. The second-order valence-corrected chi connectivity index (χ2v) is 4.05. The molecule has 0 bridgehead atoms. The highest BCUT2D eigenvalue weighted by Gasteiger charge is 2.22. The average molecular weight is 309 g/mol. The molecule has 0 aliphatic carbocycles. The highest BCUT2D eigenvalue weighted by atomic mass is 19.1. The zero-order valence-corrected chi connectivity index (χ0v) is 13.4. The number of methoxy groups -OCH3 is 1. The van der Waals surface area contributed by atoms with E-state index in [-0.39, 0.29) is 23.6 Å². The number of halogens is 1. The van der Waals surface area contributed by atoms with Crippen LogP contribution in [0.1, 0.15) is 36.8 Å². The Labute approximate surface area is 129 Å². The molecule has 5 nitrogen and oxygen atoms in total. The van der Waals surface area contributed by atoms with Crippen LogP contribution in [0.25, 0.3) is 11.3 Å². The molecular formula is C16H20FNO4. The maximum atomic E-state index is 14.0. The van der Waals surface area contributed by atoms with Gasteiger partial charge in [0.1, 0.15) is 11.6 Å². The molecule has 6 heteroatoms. The third kappa shape index (κ3) is 3.63. The van der Waals surface area contributed by atoms with Crippen molar-refractivity contribution in [2.24, 2.45) is 0 Å². The van der Waals surface area contributed by atoms with Crippen molar-refractivity contribution in [1.82, 2.24) is 5.16 Å². The monoisotopic (exact) mass is 309 g/mol. The third-order valence-electron chi connectivity index (χ3n) is 2.81. The van der Waals surface area contributed by atoms with E-state index in [9.17, 15) is 9.18 Å². The van der Waals surface area contributed by atoms with Crippen LogP contribution in [0.3, 0.4) is 0 Å². The first-order valence-corrected chi connectivity index (χ1v) is 7.05. The van der Waals surface area contributed by atoms with Crippen LogP contribution in [0.4, 0.5) is 4.39 Å². The van der Waals surface area contributed by atoms with Gasteiger partial charge in [0.2, 0.25) is 0 Å². The quantitative estimate of drug-likeness (QED) is 0.799. The molecule has 0 aliphatic rings. The molecule has 0 aliphatic heterocycles. The minimum Gasteiger partial charge on any atom is -0.497 e. The summed E-state index contributed by atoms with van der Waals surface area (Å²) < 4.78 is 28.8. The van der Waals surface area contributed by atoms with Crippen LogP contribution >= 0.6 is 0 Å². The molecule has 120 valence electrons. The third-order valence-corrected chi connectivity index (χ3v) is 2.81. The van der Waals surface area contributed by atoms with Gasteiger partial charge >= 0.3 is 5.97 Å². The SMILES string of the molecule is CC.CCOC(=O)c1noc(-c2ccc(OC)cc2F)c1C. The Morgan fingerprint density at radius 3 is 2.59 bits per heavy atom. The van der Waals surface area contributed by atoms with Crippen molar-refractivity contribution >= 4 is 5.97 Å². The topological polar surface area (TPSA) is 61.6 Å². The molecule has 2 rings (SSSR count). The number of hydrogen-bond acceptors (Lipinski definition) is 5. The zero-order valence-electron chi connectivity index (χ0n) is 13.4. The molecular weight excluding hydrogens is 289 g/mol. The lowest BCUT2D eigenvalue weighted by molar-refractivity contribution is 0.0514. The highest BCUT2D eigenvalue weighted by Crippen LogP contribution is 2.30. The number of rotatable bonds is 4. The predicted octanol–water partition coefficient (Wildman–Crippen LogP) is 4.00. The highest BCUT2D eigenvalue weighted by molar-refractivity contribution is 5.90. The van der Waals surface area contributed by atoms with Crippen molar-refractivity contribution in [1.29, 1.82) is 0 Å². The first-order chi connectivity index (χ1) is 10.6. The van der Waals surface area contributed by atoms with Crippen LogP contribution in [0.5, 0.6) is 5.75 Å². The van der Waals surface area contributed by atoms with Crippen molar-refractivity contribution in [2.75, 3.05) is 13.7 Å². The number of carbonyl (C=O) groups is 1. The van der Waals surface area contributed by atoms with E-state index in [0.29, 0.717) is 11.3 Å². The van der Waals surface area contributed by atoms with Gasteiger partial charge in [-0.1, -0.05) is 19.0 Å². The molecule has 1 aromatic heterocycles. The van der Waals surface area contributed by atoms with Crippen molar-refractivity contribution < 1.29 is 23.2 Å². The molecule has 0 unspecified atom stereocenters. The van der Waals surface area contributed by atoms with Gasteiger partial charge < -0.3 is 14.0 Å². The van der Waals surface area contributed by atoms with Crippen molar-refractivity contribution in [3.8, 4) is 17.1 Å². The lowest BCUT2D eigenvalue weighted by Crippen LogP contribution is -2.06. The van der Waals surface area contributed by atoms with Crippen molar-refractivity contribution in [2.45, 2.75) is 27.7 Å². The smallest absolute Gasteiger partial charge is 0.360 e. The fraction of sp³-hybridized carbons (Fsp3) is 0.375. The van der Waals surface area contributed by atoms with Gasteiger partial charge in [0.25, 0.3) is 0 Å². The minimum absolute atomic E-state index is 0.0528. The Morgan fingerprint density at radius 1 is 1.36 bits per heavy atom. The van der Waals surface area contributed by atoms with Gasteiger partial charge in [0.05, 0.1) is 19.3 Å². The molecule has 0 radical (unpaired) electrons. The Morgan fingerprint density at radius 2 is 2.05 bits per heavy atom. The van der Waals surface area contributed by atoms with E-state index in [0.717, 1.165) is 0 Å². The summed E-state index contributed by atoms with van der Waals surface area (Å²) in [5.41, 5.74) is 0.705. The zero-order chi connectivity index (χ0) is 16.7. The number of ether oxygens (including phenoxy) is 2. The Hall–Kier alpha value is -2.37. The van der Waals surface area contributed by atoms with Gasteiger partial charge in [-0.15, -0.1) is 0 Å². The summed E-state index contributed by atoms with van der Waals surface area (Å²) in [6.45, 7) is 7.55. The number of nitrogens with zero attached hydrogens (tertiary/aromatic N) is 1. The summed E-state index contributed by atoms with van der Waals surface area (Å²) in [7, 11) is 1.45. The number of esters is 1. The van der Waals surface area contributed by atoms with Crippen LogP contribution in [0.15, 0.2) is 22.7 Å². The number of aromatic nitrogens is 1. The van der Waals surface area contributed by atoms with E-state index in [2.05, 4.69) is 5.16 Å². The number of carbonyl (C=O) groups excluding carboxylic acids is 1. The standard InChI is InChI=1S/C14H14FNO4.C2H6/c1-4-19-14(17)12-8(2)13(20-16-12)10-6-5-9(18-3)7-11(10)15;1-2/h5-7H,4H2,1-3H3;1-2H3. The summed E-state index contributed by atoms with van der Waals surface area (Å²) in [5, 5.41) is 3.65. The molecule has 0 fully saturated rings.